The van der Waals surface area contributed by atoms with Crippen LogP contribution in [-0.4, -0.2) is 10.8 Å². The van der Waals surface area contributed by atoms with E-state index in [1.807, 2.05) is 42.5 Å². The normalized spacial score (nSPS) is 10.5. The fraction of sp³-hybridized carbons (Fsp3) is 0. The second-order valence-corrected chi connectivity index (χ2v) is 5.47. The van der Waals surface area contributed by atoms with E-state index >= 15 is 0 Å². The summed E-state index contributed by atoms with van der Waals surface area (Å²) in [5, 5.41) is 15.4. The third-order valence-corrected chi connectivity index (χ3v) is 4.04. The van der Waals surface area contributed by atoms with E-state index in [1.165, 1.54) is 12.1 Å². The van der Waals surface area contributed by atoms with E-state index in [9.17, 15) is 14.9 Å². The minimum absolute atomic E-state index is 0.0429. The third kappa shape index (κ3) is 2.75. The summed E-state index contributed by atoms with van der Waals surface area (Å²) in [6, 6.07) is 16.2. The first-order valence-corrected chi connectivity index (χ1v) is 6.99. The molecule has 0 aliphatic rings. The summed E-state index contributed by atoms with van der Waals surface area (Å²) in [5.74, 6) is -0.344. The number of amides is 1. The zero-order valence-electron chi connectivity index (χ0n) is 10.8. The Balaban J connectivity index is 1.83. The van der Waals surface area contributed by atoms with Gasteiger partial charge in [0.05, 0.1) is 9.80 Å². The Morgan fingerprint density at radius 3 is 2.52 bits per heavy atom. The van der Waals surface area contributed by atoms with Gasteiger partial charge in [0, 0.05) is 11.8 Å². The fourth-order valence-electron chi connectivity index (χ4n) is 2.01. The molecule has 0 radical (unpaired) electrons. The molecule has 0 bridgehead atoms. The maximum absolute atomic E-state index is 12.1. The van der Waals surface area contributed by atoms with Gasteiger partial charge in [0.1, 0.15) is 0 Å². The van der Waals surface area contributed by atoms with Gasteiger partial charge < -0.3 is 5.32 Å². The Morgan fingerprint density at radius 2 is 1.81 bits per heavy atom. The first-order chi connectivity index (χ1) is 10.1. The monoisotopic (exact) mass is 298 g/mol. The van der Waals surface area contributed by atoms with E-state index in [-0.39, 0.29) is 10.9 Å². The topological polar surface area (TPSA) is 72.2 Å². The number of anilines is 1. The van der Waals surface area contributed by atoms with Crippen molar-refractivity contribution in [1.29, 1.82) is 0 Å². The summed E-state index contributed by atoms with van der Waals surface area (Å²) in [6.07, 6.45) is 0. The van der Waals surface area contributed by atoms with E-state index in [1.54, 1.807) is 0 Å². The zero-order valence-corrected chi connectivity index (χ0v) is 11.6. The molecule has 0 aliphatic heterocycles. The summed E-state index contributed by atoms with van der Waals surface area (Å²) in [7, 11) is 0. The molecule has 104 valence electrons. The molecule has 3 rings (SSSR count). The van der Waals surface area contributed by atoms with Gasteiger partial charge in [0.25, 0.3) is 5.91 Å². The van der Waals surface area contributed by atoms with Gasteiger partial charge in [0.2, 0.25) is 0 Å². The van der Waals surface area contributed by atoms with Gasteiger partial charge in [0.15, 0.2) is 0 Å². The van der Waals surface area contributed by atoms with E-state index < -0.39 is 4.92 Å². The second-order valence-electron chi connectivity index (χ2n) is 4.41. The number of hydrogen-bond donors (Lipinski definition) is 1. The van der Waals surface area contributed by atoms with Crippen LogP contribution in [0.2, 0.25) is 0 Å². The highest BCUT2D eigenvalue weighted by Crippen LogP contribution is 2.25. The van der Waals surface area contributed by atoms with Crippen LogP contribution >= 0.6 is 11.3 Å². The lowest BCUT2D eigenvalue weighted by atomic mass is 10.1. The molecule has 0 unspecified atom stereocenters. The van der Waals surface area contributed by atoms with Gasteiger partial charge in [-0.3, -0.25) is 14.9 Å². The molecule has 0 aliphatic carbocycles. The van der Waals surface area contributed by atoms with Crippen LogP contribution in [0, 0.1) is 10.1 Å². The molecule has 0 fully saturated rings. The minimum atomic E-state index is -0.503. The van der Waals surface area contributed by atoms with Crippen LogP contribution in [0.5, 0.6) is 0 Å². The number of nitrogens with zero attached hydrogens (tertiary/aromatic N) is 1. The summed E-state index contributed by atoms with van der Waals surface area (Å²) in [5.41, 5.74) is 0.662. The largest absolute Gasteiger partial charge is 0.324 e. The molecule has 5 nitrogen and oxygen atoms in total. The van der Waals surface area contributed by atoms with Crippen LogP contribution in [0.25, 0.3) is 10.8 Å². The quantitative estimate of drug-likeness (QED) is 0.585. The number of nitro groups is 1. The Morgan fingerprint density at radius 1 is 1.05 bits per heavy atom. The second kappa shape index (κ2) is 5.34. The van der Waals surface area contributed by atoms with E-state index in [4.69, 9.17) is 0 Å². The summed E-state index contributed by atoms with van der Waals surface area (Å²) >= 11 is 0.861. The van der Waals surface area contributed by atoms with Crippen LogP contribution in [0.1, 0.15) is 9.67 Å². The standard InChI is InChI=1S/C15H10N2O3S/c18-15(13-7-8-14(21-13)17(19)20)16-12-6-5-10-3-1-2-4-11(10)9-12/h1-9H,(H,16,18). The Labute approximate surface area is 124 Å². The van der Waals surface area contributed by atoms with Crippen molar-refractivity contribution in [2.75, 3.05) is 5.32 Å². The predicted octanol–water partition coefficient (Wildman–Crippen LogP) is 4.06. The van der Waals surface area contributed by atoms with Crippen molar-refractivity contribution in [3.05, 3.63) is 69.6 Å². The number of carbonyl (C=O) groups excluding carboxylic acids is 1. The molecule has 0 saturated carbocycles. The van der Waals surface area contributed by atoms with Gasteiger partial charge >= 0.3 is 5.00 Å². The van der Waals surface area contributed by atoms with Gasteiger partial charge in [-0.05, 0) is 29.0 Å². The lowest BCUT2D eigenvalue weighted by Crippen LogP contribution is -2.09. The number of fused-ring (bicyclic) bond motifs is 1. The molecular weight excluding hydrogens is 288 g/mol. The van der Waals surface area contributed by atoms with Crippen molar-refractivity contribution in [1.82, 2.24) is 0 Å². The third-order valence-electron chi connectivity index (χ3n) is 3.00. The number of benzene rings is 2. The molecule has 3 aromatic rings. The van der Waals surface area contributed by atoms with Crippen LogP contribution < -0.4 is 5.32 Å². The van der Waals surface area contributed by atoms with Crippen molar-refractivity contribution in [3.8, 4) is 0 Å². The SMILES string of the molecule is O=C(Nc1ccc2ccccc2c1)c1ccc([N+](=O)[O-])s1. The molecule has 1 amide bonds. The van der Waals surface area contributed by atoms with E-state index in [0.29, 0.717) is 10.6 Å². The zero-order chi connectivity index (χ0) is 14.8. The van der Waals surface area contributed by atoms with Crippen molar-refractivity contribution in [2.24, 2.45) is 0 Å². The van der Waals surface area contributed by atoms with Gasteiger partial charge in [-0.15, -0.1) is 0 Å². The van der Waals surface area contributed by atoms with E-state index in [0.717, 1.165) is 22.1 Å². The van der Waals surface area contributed by atoms with Crippen LogP contribution in [0.4, 0.5) is 10.7 Å². The smallest absolute Gasteiger partial charge is 0.321 e. The number of hydrogen-bond acceptors (Lipinski definition) is 4. The Kier molecular flexibility index (Phi) is 3.37. The van der Waals surface area contributed by atoms with Crippen molar-refractivity contribution < 1.29 is 9.72 Å². The van der Waals surface area contributed by atoms with Crippen molar-refractivity contribution >= 4 is 38.7 Å². The van der Waals surface area contributed by atoms with Crippen LogP contribution in [0.15, 0.2) is 54.6 Å². The molecule has 1 heterocycles. The number of carbonyl (C=O) groups is 1. The number of rotatable bonds is 3. The molecule has 1 aromatic heterocycles. The van der Waals surface area contributed by atoms with Gasteiger partial charge in [-0.25, -0.2) is 0 Å². The Hall–Kier alpha value is -2.73. The first kappa shape index (κ1) is 13.3. The summed E-state index contributed by atoms with van der Waals surface area (Å²) in [6.45, 7) is 0. The highest BCUT2D eigenvalue weighted by atomic mass is 32.1. The molecular formula is C15H10N2O3S. The molecule has 0 saturated heterocycles. The Bertz CT molecular complexity index is 842. The maximum atomic E-state index is 12.1. The van der Waals surface area contributed by atoms with Crippen molar-refractivity contribution in [3.63, 3.8) is 0 Å². The lowest BCUT2D eigenvalue weighted by molar-refractivity contribution is -0.380. The first-order valence-electron chi connectivity index (χ1n) is 6.18. The summed E-state index contributed by atoms with van der Waals surface area (Å²) < 4.78 is 0. The van der Waals surface area contributed by atoms with Gasteiger partial charge in [-0.2, -0.15) is 0 Å². The number of nitrogens with one attached hydrogen (secondary N) is 1. The maximum Gasteiger partial charge on any atom is 0.324 e. The lowest BCUT2D eigenvalue weighted by Gasteiger charge is -2.05. The summed E-state index contributed by atoms with van der Waals surface area (Å²) in [4.78, 5) is 22.5. The average Bonchev–Trinajstić information content (AvgIpc) is 2.97. The average molecular weight is 298 g/mol. The van der Waals surface area contributed by atoms with Crippen LogP contribution in [-0.2, 0) is 0 Å². The molecule has 21 heavy (non-hydrogen) atoms. The predicted molar refractivity (Wildman–Crippen MR) is 82.9 cm³/mol. The minimum Gasteiger partial charge on any atom is -0.321 e. The highest BCUT2D eigenvalue weighted by Gasteiger charge is 2.15. The molecule has 0 atom stereocenters. The fourth-order valence-corrected chi connectivity index (χ4v) is 2.72. The molecule has 6 heteroatoms. The van der Waals surface area contributed by atoms with E-state index in [2.05, 4.69) is 5.32 Å². The van der Waals surface area contributed by atoms with Crippen LogP contribution in [0.3, 0.4) is 0 Å². The molecule has 1 N–H and O–H groups in total. The molecule has 2 aromatic carbocycles. The number of thiophene rings is 1. The van der Waals surface area contributed by atoms with Crippen molar-refractivity contribution in [2.45, 2.75) is 0 Å². The molecule has 0 spiro atoms. The van der Waals surface area contributed by atoms with Gasteiger partial charge in [-0.1, -0.05) is 41.7 Å². The highest BCUT2D eigenvalue weighted by molar-refractivity contribution is 7.17.